The van der Waals surface area contributed by atoms with Crippen molar-refractivity contribution in [2.24, 2.45) is 11.8 Å². The fourth-order valence-corrected chi connectivity index (χ4v) is 7.42. The molecule has 0 heterocycles. The van der Waals surface area contributed by atoms with Gasteiger partial charge in [-0.1, -0.05) is 172 Å². The molecule has 0 aromatic heterocycles. The largest absolute Gasteiger partial charge is 0.313 e. The van der Waals surface area contributed by atoms with Crippen molar-refractivity contribution in [3.8, 4) is 0 Å². The first-order chi connectivity index (χ1) is 27.0. The third kappa shape index (κ3) is 8.30. The standard InChI is InChI=1S/C53H50N2/c1-7-12-15-24-40(6)42-32-36-46(37-33-42)54(44(22-9-3)23-10-4)52-48-28-18-20-30-50(48)53(51-31-21-19-29-49(51)52)55(45-26-16-14-17-27-45)47-38-34-43(35-39-47)41(11-5)25-13-8-2/h7-39,48,50H,1,3,5H2,2,4,6H3/b13-8-,15-12-,23-10-,40-24+,41-25+,44-22+. The van der Waals surface area contributed by atoms with Gasteiger partial charge in [0.2, 0.25) is 0 Å². The van der Waals surface area contributed by atoms with Gasteiger partial charge in [0.05, 0.1) is 0 Å². The maximum atomic E-state index is 4.13. The Labute approximate surface area is 328 Å². The second kappa shape index (κ2) is 18.4. The minimum absolute atomic E-state index is 0.0281. The normalized spacial score (nSPS) is 17.1. The van der Waals surface area contributed by atoms with Crippen molar-refractivity contribution in [1.82, 2.24) is 0 Å². The van der Waals surface area contributed by atoms with Gasteiger partial charge in [0.15, 0.2) is 0 Å². The van der Waals surface area contributed by atoms with E-state index in [9.17, 15) is 0 Å². The topological polar surface area (TPSA) is 6.48 Å². The predicted octanol–water partition coefficient (Wildman–Crippen LogP) is 12.6. The number of rotatable bonds is 14. The molecule has 55 heavy (non-hydrogen) atoms. The van der Waals surface area contributed by atoms with Crippen molar-refractivity contribution < 1.29 is 0 Å². The van der Waals surface area contributed by atoms with Crippen molar-refractivity contribution in [2.45, 2.75) is 20.8 Å². The average molecular weight is 715 g/mol. The highest BCUT2D eigenvalue weighted by molar-refractivity contribution is 5.88. The van der Waals surface area contributed by atoms with Crippen LogP contribution in [0.4, 0.5) is 17.1 Å². The van der Waals surface area contributed by atoms with Crippen molar-refractivity contribution in [2.75, 3.05) is 9.80 Å². The van der Waals surface area contributed by atoms with Crippen LogP contribution in [-0.2, 0) is 0 Å². The Balaban J connectivity index is 1.65. The molecule has 0 amide bonds. The lowest BCUT2D eigenvalue weighted by Gasteiger charge is -2.42. The van der Waals surface area contributed by atoms with E-state index in [1.165, 1.54) is 33.0 Å². The van der Waals surface area contributed by atoms with Gasteiger partial charge in [-0.15, -0.1) is 0 Å². The first kappa shape index (κ1) is 38.1. The molecule has 2 unspecified atom stereocenters. The molecule has 2 nitrogen and oxygen atoms in total. The molecule has 0 N–H and O–H groups in total. The van der Waals surface area contributed by atoms with E-state index in [0.29, 0.717) is 0 Å². The molecule has 0 aliphatic heterocycles. The van der Waals surface area contributed by atoms with Gasteiger partial charge in [-0.2, -0.15) is 0 Å². The van der Waals surface area contributed by atoms with Crippen LogP contribution in [0.2, 0.25) is 0 Å². The number of hydrogen-bond acceptors (Lipinski definition) is 2. The summed E-state index contributed by atoms with van der Waals surface area (Å²) in [5.41, 5.74) is 11.4. The molecule has 0 saturated heterocycles. The third-order valence-corrected chi connectivity index (χ3v) is 9.95. The SMILES string of the molecule is C=C/C=C\C=C(/C)c1ccc(N(C2=c3ccccc3=C(N(c3ccccc3)c3ccc(/C(C=C)=C/C=C\C)cc3)C3C=CC=CC23)C(/C=C\C)=C/C=C)cc1. The second-order valence-corrected chi connectivity index (χ2v) is 13.4. The van der Waals surface area contributed by atoms with Crippen molar-refractivity contribution in [3.63, 3.8) is 0 Å². The average Bonchev–Trinajstić information content (AvgIpc) is 3.23. The van der Waals surface area contributed by atoms with Crippen LogP contribution in [-0.4, -0.2) is 0 Å². The predicted molar refractivity (Wildman–Crippen MR) is 241 cm³/mol. The molecule has 4 aromatic rings. The van der Waals surface area contributed by atoms with E-state index >= 15 is 0 Å². The van der Waals surface area contributed by atoms with Crippen LogP contribution in [0.3, 0.4) is 0 Å². The number of nitrogens with zero attached hydrogens (tertiary/aromatic N) is 2. The van der Waals surface area contributed by atoms with Gasteiger partial charge in [0.1, 0.15) is 0 Å². The van der Waals surface area contributed by atoms with Crippen LogP contribution < -0.4 is 20.2 Å². The zero-order chi connectivity index (χ0) is 38.6. The zero-order valence-corrected chi connectivity index (χ0v) is 32.2. The molecule has 0 bridgehead atoms. The molecule has 0 spiro atoms. The minimum Gasteiger partial charge on any atom is -0.313 e. The maximum Gasteiger partial charge on any atom is 0.0459 e. The number of fused-ring (bicyclic) bond motifs is 2. The Bertz CT molecular complexity index is 2390. The molecule has 6 rings (SSSR count). The Morgan fingerprint density at radius 1 is 0.564 bits per heavy atom. The summed E-state index contributed by atoms with van der Waals surface area (Å²) >= 11 is 0. The smallest absolute Gasteiger partial charge is 0.0459 e. The lowest BCUT2D eigenvalue weighted by Crippen LogP contribution is -2.48. The lowest BCUT2D eigenvalue weighted by molar-refractivity contribution is 0.659. The van der Waals surface area contributed by atoms with Gasteiger partial charge >= 0.3 is 0 Å². The third-order valence-electron chi connectivity index (χ3n) is 9.95. The van der Waals surface area contributed by atoms with E-state index < -0.39 is 0 Å². The molecule has 0 fully saturated rings. The van der Waals surface area contributed by atoms with Crippen molar-refractivity contribution in [1.29, 1.82) is 0 Å². The van der Waals surface area contributed by atoms with Crippen LogP contribution in [0, 0.1) is 11.8 Å². The quantitative estimate of drug-likeness (QED) is 0.120. The second-order valence-electron chi connectivity index (χ2n) is 13.4. The summed E-state index contributed by atoms with van der Waals surface area (Å²) in [6.07, 6.45) is 33.4. The summed E-state index contributed by atoms with van der Waals surface area (Å²) in [6, 6.07) is 37.4. The molecule has 2 aliphatic rings. The van der Waals surface area contributed by atoms with E-state index in [1.54, 1.807) is 6.08 Å². The van der Waals surface area contributed by atoms with E-state index in [0.717, 1.165) is 33.9 Å². The molecule has 0 saturated carbocycles. The molecule has 2 atom stereocenters. The number of allylic oxidation sites excluding steroid dienone is 16. The fraction of sp³-hybridized carbons (Fsp3) is 0.0943. The highest BCUT2D eigenvalue weighted by Gasteiger charge is 2.37. The van der Waals surface area contributed by atoms with Gasteiger partial charge < -0.3 is 9.80 Å². The molecular weight excluding hydrogens is 665 g/mol. The van der Waals surface area contributed by atoms with E-state index in [-0.39, 0.29) is 11.8 Å². The number of hydrogen-bond donors (Lipinski definition) is 0. The molecule has 272 valence electrons. The van der Waals surface area contributed by atoms with Crippen molar-refractivity contribution >= 4 is 39.6 Å². The first-order valence-electron chi connectivity index (χ1n) is 19.0. The van der Waals surface area contributed by atoms with E-state index in [2.05, 4.69) is 207 Å². The van der Waals surface area contributed by atoms with Gasteiger partial charge in [0, 0.05) is 56.4 Å². The fourth-order valence-electron chi connectivity index (χ4n) is 7.42. The van der Waals surface area contributed by atoms with Crippen LogP contribution in [0.1, 0.15) is 31.9 Å². The number of para-hydroxylation sites is 1. The highest BCUT2D eigenvalue weighted by atomic mass is 15.2. The van der Waals surface area contributed by atoms with Crippen LogP contribution in [0.5, 0.6) is 0 Å². The highest BCUT2D eigenvalue weighted by Crippen LogP contribution is 2.44. The van der Waals surface area contributed by atoms with Gasteiger partial charge in [-0.25, -0.2) is 0 Å². The Hall–Kier alpha value is -6.64. The minimum atomic E-state index is 0.0281. The monoisotopic (exact) mass is 714 g/mol. The van der Waals surface area contributed by atoms with Gasteiger partial charge in [0.25, 0.3) is 0 Å². The first-order valence-corrected chi connectivity index (χ1v) is 19.0. The van der Waals surface area contributed by atoms with Crippen LogP contribution >= 0.6 is 0 Å². The molecule has 4 aromatic carbocycles. The summed E-state index contributed by atoms with van der Waals surface area (Å²) in [5, 5.41) is 2.38. The van der Waals surface area contributed by atoms with E-state index in [4.69, 9.17) is 0 Å². The van der Waals surface area contributed by atoms with Gasteiger partial charge in [-0.05, 0) is 91.6 Å². The summed E-state index contributed by atoms with van der Waals surface area (Å²) < 4.78 is 0. The lowest BCUT2D eigenvalue weighted by atomic mass is 9.77. The summed E-state index contributed by atoms with van der Waals surface area (Å²) in [6.45, 7) is 18.2. The summed E-state index contributed by atoms with van der Waals surface area (Å²) in [4.78, 5) is 4.87. The molecule has 0 radical (unpaired) electrons. The molecular formula is C53H50N2. The number of anilines is 3. The van der Waals surface area contributed by atoms with Crippen LogP contribution in [0.25, 0.3) is 22.5 Å². The van der Waals surface area contributed by atoms with E-state index in [1.807, 2.05) is 37.3 Å². The molecule has 2 heteroatoms. The summed E-state index contributed by atoms with van der Waals surface area (Å²) in [7, 11) is 0. The Morgan fingerprint density at radius 2 is 1.16 bits per heavy atom. The molecule has 2 aliphatic carbocycles. The van der Waals surface area contributed by atoms with Gasteiger partial charge in [-0.3, -0.25) is 0 Å². The summed E-state index contributed by atoms with van der Waals surface area (Å²) in [5.74, 6) is 0.0626. The number of benzene rings is 4. The zero-order valence-electron chi connectivity index (χ0n) is 32.2. The van der Waals surface area contributed by atoms with Crippen molar-refractivity contribution in [3.05, 3.63) is 247 Å². The Morgan fingerprint density at radius 3 is 1.78 bits per heavy atom. The Kier molecular flexibility index (Phi) is 12.8. The van der Waals surface area contributed by atoms with Crippen LogP contribution in [0.15, 0.2) is 226 Å². The maximum absolute atomic E-state index is 4.13.